The van der Waals surface area contributed by atoms with Crippen molar-refractivity contribution in [3.8, 4) is 5.75 Å². The van der Waals surface area contributed by atoms with E-state index in [1.807, 2.05) is 0 Å². The number of amides is 1. The van der Waals surface area contributed by atoms with Crippen molar-refractivity contribution in [1.29, 1.82) is 0 Å². The largest absolute Gasteiger partial charge is 0.506 e. The Bertz CT molecular complexity index is 459. The second kappa shape index (κ2) is 6.02. The Morgan fingerprint density at radius 1 is 1.50 bits per heavy atom. The van der Waals surface area contributed by atoms with Gasteiger partial charge in [-0.1, -0.05) is 6.07 Å². The third-order valence-corrected chi connectivity index (χ3v) is 2.23. The van der Waals surface area contributed by atoms with Gasteiger partial charge < -0.3 is 20.9 Å². The molecule has 0 radical (unpaired) electrons. The van der Waals surface area contributed by atoms with Crippen LogP contribution in [-0.4, -0.2) is 29.6 Å². The number of carbonyl (C=O) groups is 2. The highest BCUT2D eigenvalue weighted by atomic mass is 16.5. The van der Waals surface area contributed by atoms with Crippen molar-refractivity contribution in [1.82, 2.24) is 0 Å². The minimum Gasteiger partial charge on any atom is -0.506 e. The van der Waals surface area contributed by atoms with Crippen LogP contribution >= 0.6 is 0 Å². The van der Waals surface area contributed by atoms with Crippen LogP contribution in [0.15, 0.2) is 18.2 Å². The molecule has 0 bridgehead atoms. The fourth-order valence-corrected chi connectivity index (χ4v) is 1.30. The summed E-state index contributed by atoms with van der Waals surface area (Å²) in [5.41, 5.74) is 6.48. The number of ether oxygens (including phenoxy) is 1. The number of aryl methyl sites for hydroxylation is 1. The normalized spacial score (nSPS) is 11.7. The summed E-state index contributed by atoms with van der Waals surface area (Å²) >= 11 is 0. The molecule has 0 spiro atoms. The van der Waals surface area contributed by atoms with E-state index < -0.39 is 17.9 Å². The predicted octanol–water partition coefficient (Wildman–Crippen LogP) is 0.530. The number of hydrogen-bond donors (Lipinski definition) is 3. The zero-order valence-electron chi connectivity index (χ0n) is 10.3. The van der Waals surface area contributed by atoms with Crippen molar-refractivity contribution < 1.29 is 19.4 Å². The van der Waals surface area contributed by atoms with E-state index in [1.54, 1.807) is 26.0 Å². The van der Waals surface area contributed by atoms with E-state index in [1.165, 1.54) is 6.07 Å². The molecule has 0 saturated heterocycles. The van der Waals surface area contributed by atoms with Crippen molar-refractivity contribution in [2.75, 3.05) is 11.9 Å². The first-order valence-corrected chi connectivity index (χ1v) is 5.48. The van der Waals surface area contributed by atoms with Crippen LogP contribution in [0.2, 0.25) is 0 Å². The standard InChI is InChI=1S/C12H16N2O4/c1-3-18-12(17)10(13)11(16)14-8-6-7(2)4-5-9(8)15/h4-6,10,15H,3,13H2,1-2H3,(H,14,16). The van der Waals surface area contributed by atoms with E-state index >= 15 is 0 Å². The maximum atomic E-state index is 11.6. The molecule has 1 aromatic rings. The SMILES string of the molecule is CCOC(=O)C(N)C(=O)Nc1cc(C)ccc1O. The molecule has 4 N–H and O–H groups in total. The molecular formula is C12H16N2O4. The second-order valence-corrected chi connectivity index (χ2v) is 3.74. The van der Waals surface area contributed by atoms with E-state index in [-0.39, 0.29) is 18.0 Å². The minimum atomic E-state index is -1.41. The van der Waals surface area contributed by atoms with Crippen LogP contribution < -0.4 is 11.1 Å². The average molecular weight is 252 g/mol. The number of nitrogens with two attached hydrogens (primary N) is 1. The smallest absolute Gasteiger partial charge is 0.332 e. The first kappa shape index (κ1) is 14.0. The number of benzene rings is 1. The first-order chi connectivity index (χ1) is 8.45. The number of carbonyl (C=O) groups excluding carboxylic acids is 2. The van der Waals surface area contributed by atoms with Crippen LogP contribution in [0.1, 0.15) is 12.5 Å². The van der Waals surface area contributed by atoms with Gasteiger partial charge in [-0.2, -0.15) is 0 Å². The summed E-state index contributed by atoms with van der Waals surface area (Å²) in [4.78, 5) is 22.9. The van der Waals surface area contributed by atoms with Crippen LogP contribution in [-0.2, 0) is 14.3 Å². The quantitative estimate of drug-likeness (QED) is 0.412. The summed E-state index contributed by atoms with van der Waals surface area (Å²) in [7, 11) is 0. The lowest BCUT2D eigenvalue weighted by molar-refractivity contribution is -0.146. The minimum absolute atomic E-state index is 0.0926. The maximum absolute atomic E-state index is 11.6. The molecule has 0 aliphatic heterocycles. The third kappa shape index (κ3) is 3.46. The summed E-state index contributed by atoms with van der Waals surface area (Å²) in [6, 6.07) is 3.30. The molecule has 1 unspecified atom stereocenters. The molecule has 6 nitrogen and oxygen atoms in total. The van der Waals surface area contributed by atoms with Crippen LogP contribution in [0.3, 0.4) is 0 Å². The molecule has 6 heteroatoms. The highest BCUT2D eigenvalue weighted by molar-refractivity contribution is 6.08. The van der Waals surface area contributed by atoms with Gasteiger partial charge in [0.2, 0.25) is 0 Å². The average Bonchev–Trinajstić information content (AvgIpc) is 2.33. The zero-order valence-corrected chi connectivity index (χ0v) is 10.3. The first-order valence-electron chi connectivity index (χ1n) is 5.48. The Hall–Kier alpha value is -2.08. The second-order valence-electron chi connectivity index (χ2n) is 3.74. The van der Waals surface area contributed by atoms with Gasteiger partial charge in [0.25, 0.3) is 5.91 Å². The molecule has 1 atom stereocenters. The highest BCUT2D eigenvalue weighted by Crippen LogP contribution is 2.23. The van der Waals surface area contributed by atoms with Gasteiger partial charge in [0, 0.05) is 0 Å². The lowest BCUT2D eigenvalue weighted by Crippen LogP contribution is -2.43. The lowest BCUT2D eigenvalue weighted by Gasteiger charge is -2.12. The number of nitrogens with one attached hydrogen (secondary N) is 1. The molecule has 0 aliphatic carbocycles. The molecule has 0 heterocycles. The molecule has 1 rings (SSSR count). The van der Waals surface area contributed by atoms with Crippen molar-refractivity contribution >= 4 is 17.6 Å². The molecule has 98 valence electrons. The van der Waals surface area contributed by atoms with E-state index in [9.17, 15) is 14.7 Å². The number of phenolic OH excluding ortho intramolecular Hbond substituents is 1. The summed E-state index contributed by atoms with van der Waals surface area (Å²) in [5.74, 6) is -1.62. The van der Waals surface area contributed by atoms with Gasteiger partial charge in [0.05, 0.1) is 12.3 Å². The monoisotopic (exact) mass is 252 g/mol. The number of esters is 1. The molecule has 0 saturated carbocycles. The predicted molar refractivity (Wildman–Crippen MR) is 66.1 cm³/mol. The number of rotatable bonds is 4. The van der Waals surface area contributed by atoms with E-state index in [4.69, 9.17) is 5.73 Å². The molecule has 0 aromatic heterocycles. The Labute approximate surface area is 105 Å². The molecule has 1 amide bonds. The van der Waals surface area contributed by atoms with Crippen LogP contribution in [0, 0.1) is 6.92 Å². The Morgan fingerprint density at radius 3 is 2.78 bits per heavy atom. The lowest BCUT2D eigenvalue weighted by atomic mass is 10.2. The molecule has 0 aliphatic rings. The maximum Gasteiger partial charge on any atom is 0.332 e. The number of hydrogen-bond acceptors (Lipinski definition) is 5. The summed E-state index contributed by atoms with van der Waals surface area (Å²) < 4.78 is 4.63. The molecular weight excluding hydrogens is 236 g/mol. The van der Waals surface area contributed by atoms with Crippen LogP contribution in [0.4, 0.5) is 5.69 Å². The van der Waals surface area contributed by atoms with E-state index in [2.05, 4.69) is 10.1 Å². The number of phenols is 1. The van der Waals surface area contributed by atoms with Crippen LogP contribution in [0.5, 0.6) is 5.75 Å². The summed E-state index contributed by atoms with van der Waals surface area (Å²) in [5, 5.41) is 11.9. The Kier molecular flexibility index (Phi) is 4.67. The van der Waals surface area contributed by atoms with Crippen molar-refractivity contribution in [3.63, 3.8) is 0 Å². The van der Waals surface area contributed by atoms with Crippen molar-refractivity contribution in [2.45, 2.75) is 19.9 Å². The highest BCUT2D eigenvalue weighted by Gasteiger charge is 2.24. The van der Waals surface area contributed by atoms with E-state index in [0.717, 1.165) is 5.56 Å². The molecule has 18 heavy (non-hydrogen) atoms. The van der Waals surface area contributed by atoms with Crippen molar-refractivity contribution in [3.05, 3.63) is 23.8 Å². The van der Waals surface area contributed by atoms with Gasteiger partial charge >= 0.3 is 5.97 Å². The van der Waals surface area contributed by atoms with Gasteiger partial charge in [0.15, 0.2) is 6.04 Å². The zero-order chi connectivity index (χ0) is 13.7. The Morgan fingerprint density at radius 2 is 2.17 bits per heavy atom. The van der Waals surface area contributed by atoms with Crippen molar-refractivity contribution in [2.24, 2.45) is 5.73 Å². The fraction of sp³-hybridized carbons (Fsp3) is 0.333. The van der Waals surface area contributed by atoms with Crippen LogP contribution in [0.25, 0.3) is 0 Å². The Balaban J connectivity index is 2.75. The van der Waals surface area contributed by atoms with Gasteiger partial charge in [0.1, 0.15) is 5.75 Å². The number of aromatic hydroxyl groups is 1. The topological polar surface area (TPSA) is 102 Å². The molecule has 0 fully saturated rings. The summed E-state index contributed by atoms with van der Waals surface area (Å²) in [6.07, 6.45) is 0. The molecule has 1 aromatic carbocycles. The van der Waals surface area contributed by atoms with Gasteiger partial charge in [-0.3, -0.25) is 4.79 Å². The fourth-order valence-electron chi connectivity index (χ4n) is 1.30. The van der Waals surface area contributed by atoms with Gasteiger partial charge in [-0.15, -0.1) is 0 Å². The summed E-state index contributed by atoms with van der Waals surface area (Å²) in [6.45, 7) is 3.57. The van der Waals surface area contributed by atoms with Gasteiger partial charge in [-0.05, 0) is 31.5 Å². The van der Waals surface area contributed by atoms with Gasteiger partial charge in [-0.25, -0.2) is 4.79 Å². The number of anilines is 1. The third-order valence-electron chi connectivity index (χ3n) is 2.23. The van der Waals surface area contributed by atoms with E-state index in [0.29, 0.717) is 0 Å².